The number of anilines is 1. The van der Waals surface area contributed by atoms with E-state index in [9.17, 15) is 8.78 Å². The van der Waals surface area contributed by atoms with E-state index in [0.717, 1.165) is 6.07 Å². The van der Waals surface area contributed by atoms with Crippen LogP contribution in [-0.2, 0) is 6.54 Å². The van der Waals surface area contributed by atoms with Crippen LogP contribution in [0.25, 0.3) is 11.2 Å². The molecule has 1 aromatic carbocycles. The van der Waals surface area contributed by atoms with Gasteiger partial charge >= 0.3 is 0 Å². The highest BCUT2D eigenvalue weighted by atomic mass is 19.1. The van der Waals surface area contributed by atoms with Crippen molar-refractivity contribution in [1.82, 2.24) is 14.5 Å². The average molecular weight is 340 g/mol. The van der Waals surface area contributed by atoms with Gasteiger partial charge in [-0.15, -0.1) is 0 Å². The molecule has 4 nitrogen and oxygen atoms in total. The Hall–Kier alpha value is -2.94. The maximum absolute atomic E-state index is 13.7. The number of nitrogens with zero attached hydrogens (tertiary/aromatic N) is 3. The van der Waals surface area contributed by atoms with Gasteiger partial charge in [-0.05, 0) is 35.6 Å². The largest absolute Gasteiger partial charge is 0.369 e. The molecule has 0 atom stereocenters. The van der Waals surface area contributed by atoms with E-state index >= 15 is 0 Å². The summed E-state index contributed by atoms with van der Waals surface area (Å²) < 4.78 is 28.5. The number of nitrogen functional groups attached to an aromatic ring is 1. The Balaban J connectivity index is 2.01. The maximum atomic E-state index is 13.7. The Labute approximate surface area is 144 Å². The maximum Gasteiger partial charge on any atom is 0.202 e. The summed E-state index contributed by atoms with van der Waals surface area (Å²) >= 11 is 0. The Kier molecular flexibility index (Phi) is 4.17. The molecule has 0 aliphatic rings. The lowest BCUT2D eigenvalue weighted by molar-refractivity contribution is 0.350. The molecule has 128 valence electrons. The molecule has 0 amide bonds. The van der Waals surface area contributed by atoms with E-state index < -0.39 is 11.6 Å². The first kappa shape index (κ1) is 16.9. The zero-order chi connectivity index (χ0) is 18.2. The molecule has 0 unspecified atom stereocenters. The van der Waals surface area contributed by atoms with Crippen LogP contribution in [0, 0.1) is 28.9 Å². The first-order chi connectivity index (χ1) is 11.7. The summed E-state index contributed by atoms with van der Waals surface area (Å²) in [5.74, 6) is 4.55. The van der Waals surface area contributed by atoms with Crippen molar-refractivity contribution < 1.29 is 8.78 Å². The Morgan fingerprint density at radius 2 is 1.84 bits per heavy atom. The number of hydrogen-bond acceptors (Lipinski definition) is 3. The number of pyridine rings is 1. The van der Waals surface area contributed by atoms with Crippen molar-refractivity contribution in [3.05, 3.63) is 53.2 Å². The summed E-state index contributed by atoms with van der Waals surface area (Å²) in [5.41, 5.74) is 7.90. The zero-order valence-electron chi connectivity index (χ0n) is 14.3. The number of imidazole rings is 1. The van der Waals surface area contributed by atoms with Crippen LogP contribution in [0.15, 0.2) is 30.3 Å². The minimum atomic E-state index is -0.699. The Morgan fingerprint density at radius 3 is 2.52 bits per heavy atom. The first-order valence-electron chi connectivity index (χ1n) is 7.83. The molecule has 0 bridgehead atoms. The van der Waals surface area contributed by atoms with Gasteiger partial charge in [0.1, 0.15) is 22.8 Å². The van der Waals surface area contributed by atoms with Gasteiger partial charge in [-0.3, -0.25) is 4.57 Å². The van der Waals surface area contributed by atoms with Gasteiger partial charge in [0.15, 0.2) is 5.65 Å². The number of aromatic nitrogens is 3. The number of fused-ring (bicyclic) bond motifs is 1. The molecule has 2 N–H and O–H groups in total. The van der Waals surface area contributed by atoms with Crippen molar-refractivity contribution in [1.29, 1.82) is 0 Å². The van der Waals surface area contributed by atoms with Gasteiger partial charge in [0, 0.05) is 12.6 Å². The SMILES string of the molecule is CC(C)(C)Cn1c(N)nc2ccc(C#Cc3ccc(F)cc3F)nc21. The quantitative estimate of drug-likeness (QED) is 0.687. The molecular formula is C19H18F2N4. The van der Waals surface area contributed by atoms with E-state index in [1.807, 2.05) is 4.57 Å². The molecule has 0 fully saturated rings. The van der Waals surface area contributed by atoms with Crippen LogP contribution in [0.3, 0.4) is 0 Å². The number of benzene rings is 1. The summed E-state index contributed by atoms with van der Waals surface area (Å²) in [6.07, 6.45) is 0. The van der Waals surface area contributed by atoms with Crippen LogP contribution in [0.1, 0.15) is 32.0 Å². The zero-order valence-corrected chi connectivity index (χ0v) is 14.3. The van der Waals surface area contributed by atoms with E-state index in [0.29, 0.717) is 29.4 Å². The minimum absolute atomic E-state index is 0.00233. The number of hydrogen-bond donors (Lipinski definition) is 1. The van der Waals surface area contributed by atoms with E-state index in [1.165, 1.54) is 12.1 Å². The van der Waals surface area contributed by atoms with Gasteiger partial charge in [0.05, 0.1) is 5.56 Å². The second kappa shape index (κ2) is 6.17. The molecule has 2 aromatic heterocycles. The van der Waals surface area contributed by atoms with Gasteiger partial charge in [0.25, 0.3) is 0 Å². The van der Waals surface area contributed by atoms with E-state index in [4.69, 9.17) is 5.73 Å². The van der Waals surface area contributed by atoms with Crippen LogP contribution >= 0.6 is 0 Å². The van der Waals surface area contributed by atoms with E-state index in [1.54, 1.807) is 12.1 Å². The van der Waals surface area contributed by atoms with Crippen LogP contribution in [0.5, 0.6) is 0 Å². The predicted octanol–water partition coefficient (Wildman–Crippen LogP) is 3.74. The second-order valence-electron chi connectivity index (χ2n) is 7.03. The van der Waals surface area contributed by atoms with Crippen molar-refractivity contribution in [3.8, 4) is 11.8 Å². The molecule has 0 aliphatic carbocycles. The van der Waals surface area contributed by atoms with Crippen LogP contribution < -0.4 is 5.73 Å². The molecule has 0 saturated heterocycles. The molecule has 3 aromatic rings. The third kappa shape index (κ3) is 3.77. The molecular weight excluding hydrogens is 322 g/mol. The van der Waals surface area contributed by atoms with Gasteiger partial charge in [-0.25, -0.2) is 18.7 Å². The van der Waals surface area contributed by atoms with Gasteiger partial charge in [0.2, 0.25) is 5.95 Å². The standard InChI is InChI=1S/C19H18F2N4/c1-19(2,3)11-25-17-16(24-18(25)22)9-8-14(23-17)7-5-12-4-6-13(20)10-15(12)21/h4,6,8-10H,11H2,1-3H3,(H2,22,24). The topological polar surface area (TPSA) is 56.7 Å². The minimum Gasteiger partial charge on any atom is -0.369 e. The molecule has 25 heavy (non-hydrogen) atoms. The molecule has 0 saturated carbocycles. The number of rotatable bonds is 1. The summed E-state index contributed by atoms with van der Waals surface area (Å²) in [4.78, 5) is 8.80. The molecule has 0 aliphatic heterocycles. The van der Waals surface area contributed by atoms with Crippen molar-refractivity contribution in [3.63, 3.8) is 0 Å². The number of nitrogens with two attached hydrogens (primary N) is 1. The molecule has 3 rings (SSSR count). The molecule has 6 heteroatoms. The lowest BCUT2D eigenvalue weighted by Gasteiger charge is -2.19. The average Bonchev–Trinajstić information content (AvgIpc) is 2.80. The van der Waals surface area contributed by atoms with Crippen molar-refractivity contribution in [2.24, 2.45) is 5.41 Å². The van der Waals surface area contributed by atoms with Crippen molar-refractivity contribution >= 4 is 17.1 Å². The number of halogens is 2. The Bertz CT molecular complexity index is 1000. The molecule has 0 spiro atoms. The summed E-state index contributed by atoms with van der Waals surface area (Å²) in [6, 6.07) is 6.76. The first-order valence-corrected chi connectivity index (χ1v) is 7.83. The van der Waals surface area contributed by atoms with Gasteiger partial charge in [-0.1, -0.05) is 26.7 Å². The van der Waals surface area contributed by atoms with Crippen LogP contribution in [-0.4, -0.2) is 14.5 Å². The predicted molar refractivity (Wildman–Crippen MR) is 93.7 cm³/mol. The lowest BCUT2D eigenvalue weighted by atomic mass is 9.97. The third-order valence-corrected chi connectivity index (χ3v) is 3.51. The van der Waals surface area contributed by atoms with Crippen molar-refractivity contribution in [2.45, 2.75) is 27.3 Å². The van der Waals surface area contributed by atoms with Gasteiger partial charge in [-0.2, -0.15) is 0 Å². The monoisotopic (exact) mass is 340 g/mol. The van der Waals surface area contributed by atoms with Crippen LogP contribution in [0.2, 0.25) is 0 Å². The fourth-order valence-electron chi connectivity index (χ4n) is 2.44. The summed E-state index contributed by atoms with van der Waals surface area (Å²) in [5, 5.41) is 0. The fraction of sp³-hybridized carbons (Fsp3) is 0.263. The lowest BCUT2D eigenvalue weighted by Crippen LogP contribution is -2.17. The smallest absolute Gasteiger partial charge is 0.202 e. The van der Waals surface area contributed by atoms with Crippen LogP contribution in [0.4, 0.5) is 14.7 Å². The third-order valence-electron chi connectivity index (χ3n) is 3.51. The van der Waals surface area contributed by atoms with Crippen molar-refractivity contribution in [2.75, 3.05) is 5.73 Å². The normalized spacial score (nSPS) is 11.4. The fourth-order valence-corrected chi connectivity index (χ4v) is 2.44. The molecule has 2 heterocycles. The highest BCUT2D eigenvalue weighted by Crippen LogP contribution is 2.23. The summed E-state index contributed by atoms with van der Waals surface area (Å²) in [7, 11) is 0. The molecule has 0 radical (unpaired) electrons. The van der Waals surface area contributed by atoms with E-state index in [-0.39, 0.29) is 11.0 Å². The van der Waals surface area contributed by atoms with E-state index in [2.05, 4.69) is 42.6 Å². The highest BCUT2D eigenvalue weighted by molar-refractivity contribution is 5.75. The second-order valence-corrected chi connectivity index (χ2v) is 7.03. The summed E-state index contributed by atoms with van der Waals surface area (Å²) in [6.45, 7) is 6.95. The Morgan fingerprint density at radius 1 is 1.08 bits per heavy atom. The van der Waals surface area contributed by atoms with Gasteiger partial charge < -0.3 is 5.73 Å². The highest BCUT2D eigenvalue weighted by Gasteiger charge is 2.17.